The second kappa shape index (κ2) is 8.79. The number of nitro benzene ring substituents is 1. The molecule has 0 spiro atoms. The lowest BCUT2D eigenvalue weighted by Crippen LogP contribution is -2.23. The predicted molar refractivity (Wildman–Crippen MR) is 118 cm³/mol. The number of hydrogen-bond acceptors (Lipinski definition) is 6. The molecule has 0 saturated carbocycles. The van der Waals surface area contributed by atoms with Crippen molar-refractivity contribution >= 4 is 34.6 Å². The van der Waals surface area contributed by atoms with Gasteiger partial charge in [0.05, 0.1) is 21.2 Å². The van der Waals surface area contributed by atoms with Crippen LogP contribution in [0.4, 0.5) is 17.1 Å². The number of nitrogens with zero attached hydrogens (tertiary/aromatic N) is 2. The molecule has 1 aliphatic rings. The van der Waals surface area contributed by atoms with Gasteiger partial charge in [-0.3, -0.25) is 14.9 Å². The van der Waals surface area contributed by atoms with Gasteiger partial charge in [-0.15, -0.1) is 0 Å². The van der Waals surface area contributed by atoms with Crippen molar-refractivity contribution in [1.82, 2.24) is 0 Å². The van der Waals surface area contributed by atoms with Crippen LogP contribution in [0.15, 0.2) is 52.9 Å². The van der Waals surface area contributed by atoms with E-state index >= 15 is 0 Å². The normalized spacial score (nSPS) is 13.4. The summed E-state index contributed by atoms with van der Waals surface area (Å²) in [5.74, 6) is 0.403. The highest BCUT2D eigenvalue weighted by Crippen LogP contribution is 2.33. The molecule has 2 heterocycles. The SMILES string of the molecule is O=C(Nc1ccc(Cl)c(-c2ccc(CO)o2)c1)c1cc([N+](=O)[O-])ccc1N1CCCC1. The van der Waals surface area contributed by atoms with Gasteiger partial charge in [0.15, 0.2) is 0 Å². The number of aliphatic hydroxyl groups is 1. The zero-order valence-corrected chi connectivity index (χ0v) is 17.3. The van der Waals surface area contributed by atoms with Crippen molar-refractivity contribution in [2.24, 2.45) is 0 Å². The fourth-order valence-corrected chi connectivity index (χ4v) is 3.86. The van der Waals surface area contributed by atoms with E-state index in [1.807, 2.05) is 0 Å². The van der Waals surface area contributed by atoms with E-state index in [4.69, 9.17) is 16.0 Å². The van der Waals surface area contributed by atoms with Crippen molar-refractivity contribution in [3.8, 4) is 11.3 Å². The Hall–Kier alpha value is -3.36. The third-order valence-corrected chi connectivity index (χ3v) is 5.52. The molecule has 160 valence electrons. The summed E-state index contributed by atoms with van der Waals surface area (Å²) in [6, 6.07) is 12.6. The van der Waals surface area contributed by atoms with Crippen LogP contribution in [-0.2, 0) is 6.61 Å². The van der Waals surface area contributed by atoms with E-state index in [9.17, 15) is 20.0 Å². The second-order valence-corrected chi connectivity index (χ2v) is 7.63. The summed E-state index contributed by atoms with van der Waals surface area (Å²) in [5, 5.41) is 23.7. The van der Waals surface area contributed by atoms with Gasteiger partial charge >= 0.3 is 0 Å². The highest BCUT2D eigenvalue weighted by atomic mass is 35.5. The molecule has 0 radical (unpaired) electrons. The fraction of sp³-hybridized carbons (Fsp3) is 0.227. The number of benzene rings is 2. The van der Waals surface area contributed by atoms with E-state index in [0.717, 1.165) is 25.9 Å². The maximum absolute atomic E-state index is 13.1. The Morgan fingerprint density at radius 2 is 1.94 bits per heavy atom. The third-order valence-electron chi connectivity index (χ3n) is 5.19. The molecule has 1 amide bonds. The standard InChI is InChI=1S/C22H20ClN3O5/c23-19-6-3-14(11-17(19)21-8-5-16(13-27)31-21)24-22(28)18-12-15(26(29)30)4-7-20(18)25-9-1-2-10-25/h3-8,11-12,27H,1-2,9-10,13H2,(H,24,28). The van der Waals surface area contributed by atoms with Gasteiger partial charge in [0, 0.05) is 36.5 Å². The first-order valence-corrected chi connectivity index (χ1v) is 10.2. The van der Waals surface area contributed by atoms with Crippen molar-refractivity contribution in [3.05, 3.63) is 75.0 Å². The number of nitro groups is 1. The molecule has 31 heavy (non-hydrogen) atoms. The van der Waals surface area contributed by atoms with Gasteiger partial charge in [-0.2, -0.15) is 0 Å². The maximum Gasteiger partial charge on any atom is 0.270 e. The molecule has 2 N–H and O–H groups in total. The molecular formula is C22H20ClN3O5. The molecule has 0 unspecified atom stereocenters. The van der Waals surface area contributed by atoms with E-state index in [2.05, 4.69) is 10.2 Å². The Balaban J connectivity index is 1.65. The van der Waals surface area contributed by atoms with Crippen molar-refractivity contribution in [1.29, 1.82) is 0 Å². The Labute approximate surface area is 183 Å². The molecule has 3 aromatic rings. The molecule has 1 aliphatic heterocycles. The van der Waals surface area contributed by atoms with Gasteiger partial charge in [0.1, 0.15) is 18.1 Å². The topological polar surface area (TPSA) is 109 Å². The lowest BCUT2D eigenvalue weighted by molar-refractivity contribution is -0.384. The number of aliphatic hydroxyl groups excluding tert-OH is 1. The summed E-state index contributed by atoms with van der Waals surface area (Å²) >= 11 is 6.29. The smallest absolute Gasteiger partial charge is 0.270 e. The van der Waals surface area contributed by atoms with Crippen LogP contribution in [0.3, 0.4) is 0 Å². The lowest BCUT2D eigenvalue weighted by atomic mass is 10.1. The Kier molecular flexibility index (Phi) is 5.92. The minimum atomic E-state index is -0.513. The molecule has 4 rings (SSSR count). The predicted octanol–water partition coefficient (Wildman–Crippen LogP) is 4.85. The number of amides is 1. The fourth-order valence-electron chi connectivity index (χ4n) is 3.65. The molecule has 0 atom stereocenters. The van der Waals surface area contributed by atoms with Crippen LogP contribution in [0.2, 0.25) is 5.02 Å². The van der Waals surface area contributed by atoms with Crippen LogP contribution in [0.5, 0.6) is 0 Å². The number of halogens is 1. The van der Waals surface area contributed by atoms with Crippen molar-refractivity contribution < 1.29 is 19.2 Å². The number of non-ortho nitro benzene ring substituents is 1. The summed E-state index contributed by atoms with van der Waals surface area (Å²) < 4.78 is 5.54. The Bertz CT molecular complexity index is 1140. The molecule has 1 saturated heterocycles. The largest absolute Gasteiger partial charge is 0.459 e. The van der Waals surface area contributed by atoms with Crippen molar-refractivity contribution in [2.75, 3.05) is 23.3 Å². The molecule has 8 nitrogen and oxygen atoms in total. The number of anilines is 2. The second-order valence-electron chi connectivity index (χ2n) is 7.23. The van der Waals surface area contributed by atoms with Gasteiger partial charge in [-0.05, 0) is 49.2 Å². The first kappa shape index (κ1) is 20.9. The van der Waals surface area contributed by atoms with Crippen molar-refractivity contribution in [2.45, 2.75) is 19.4 Å². The Morgan fingerprint density at radius 3 is 2.61 bits per heavy atom. The number of rotatable bonds is 6. The van der Waals surface area contributed by atoms with Gasteiger partial charge in [0.2, 0.25) is 0 Å². The summed E-state index contributed by atoms with van der Waals surface area (Å²) in [6.45, 7) is 1.36. The Morgan fingerprint density at radius 1 is 1.16 bits per heavy atom. The van der Waals surface area contributed by atoms with E-state index in [0.29, 0.717) is 33.5 Å². The lowest BCUT2D eigenvalue weighted by Gasteiger charge is -2.21. The molecule has 1 fully saturated rings. The summed E-state index contributed by atoms with van der Waals surface area (Å²) in [7, 11) is 0. The van der Waals surface area contributed by atoms with Gasteiger partial charge in [0.25, 0.3) is 11.6 Å². The number of hydrogen-bond donors (Lipinski definition) is 2. The molecule has 0 bridgehead atoms. The molecular weight excluding hydrogens is 422 g/mol. The van der Waals surface area contributed by atoms with E-state index < -0.39 is 10.8 Å². The number of carbonyl (C=O) groups is 1. The minimum Gasteiger partial charge on any atom is -0.459 e. The van der Waals surface area contributed by atoms with Gasteiger partial charge in [-0.1, -0.05) is 11.6 Å². The summed E-state index contributed by atoms with van der Waals surface area (Å²) in [6.07, 6.45) is 2.02. The average molecular weight is 442 g/mol. The van der Waals surface area contributed by atoms with Crippen molar-refractivity contribution in [3.63, 3.8) is 0 Å². The number of carbonyl (C=O) groups excluding carboxylic acids is 1. The van der Waals surface area contributed by atoms with Crippen LogP contribution in [0.25, 0.3) is 11.3 Å². The van der Waals surface area contributed by atoms with Gasteiger partial charge in [-0.25, -0.2) is 0 Å². The van der Waals surface area contributed by atoms with Crippen LogP contribution in [0, 0.1) is 10.1 Å². The van der Waals surface area contributed by atoms with Crippen LogP contribution in [-0.4, -0.2) is 29.0 Å². The monoisotopic (exact) mass is 441 g/mol. The zero-order valence-electron chi connectivity index (χ0n) is 16.5. The molecule has 0 aliphatic carbocycles. The maximum atomic E-state index is 13.1. The third kappa shape index (κ3) is 4.40. The molecule has 2 aromatic carbocycles. The highest BCUT2D eigenvalue weighted by Gasteiger charge is 2.23. The first-order valence-electron chi connectivity index (χ1n) is 9.80. The van der Waals surface area contributed by atoms with Crippen LogP contribution >= 0.6 is 11.6 Å². The van der Waals surface area contributed by atoms with E-state index in [1.54, 1.807) is 36.4 Å². The summed E-state index contributed by atoms with van der Waals surface area (Å²) in [5.41, 5.74) is 1.79. The number of furan rings is 1. The number of nitrogens with one attached hydrogen (secondary N) is 1. The van der Waals surface area contributed by atoms with Gasteiger partial charge < -0.3 is 19.7 Å². The highest BCUT2D eigenvalue weighted by molar-refractivity contribution is 6.33. The molecule has 1 aromatic heterocycles. The van der Waals surface area contributed by atoms with E-state index in [-0.39, 0.29) is 17.9 Å². The van der Waals surface area contributed by atoms with Crippen LogP contribution in [0.1, 0.15) is 29.0 Å². The molecule has 9 heteroatoms. The zero-order chi connectivity index (χ0) is 22.0. The first-order chi connectivity index (χ1) is 15.0. The van der Waals surface area contributed by atoms with Crippen LogP contribution < -0.4 is 10.2 Å². The minimum absolute atomic E-state index is 0.142. The average Bonchev–Trinajstić information content (AvgIpc) is 3.46. The van der Waals surface area contributed by atoms with E-state index in [1.165, 1.54) is 12.1 Å². The quantitative estimate of drug-likeness (QED) is 0.418. The summed E-state index contributed by atoms with van der Waals surface area (Å²) in [4.78, 5) is 25.9.